The third-order valence-electron chi connectivity index (χ3n) is 6.78. The molecule has 2 fully saturated rings. The number of pyridine rings is 1. The number of rotatable bonds is 9. The molecule has 0 unspecified atom stereocenters. The molecule has 3 aliphatic rings. The normalized spacial score (nSPS) is 17.9. The number of carbonyl (C=O) groups is 1. The average molecular weight is 462 g/mol. The maximum absolute atomic E-state index is 12.6. The van der Waals surface area contributed by atoms with Crippen molar-refractivity contribution in [2.75, 3.05) is 10.5 Å². The molecule has 5 rings (SSSR count). The van der Waals surface area contributed by atoms with E-state index in [4.69, 9.17) is 4.98 Å². The first-order chi connectivity index (χ1) is 15.8. The first-order valence-corrected chi connectivity index (χ1v) is 13.2. The van der Waals surface area contributed by atoms with Crippen molar-refractivity contribution in [3.63, 3.8) is 0 Å². The summed E-state index contributed by atoms with van der Waals surface area (Å²) in [6, 6.07) is 9.77. The molecule has 2 saturated carbocycles. The van der Waals surface area contributed by atoms with Gasteiger partial charge in [0.1, 0.15) is 5.78 Å². The van der Waals surface area contributed by atoms with Crippen LogP contribution in [0.15, 0.2) is 30.3 Å². The van der Waals surface area contributed by atoms with Crippen molar-refractivity contribution < 1.29 is 13.2 Å². The van der Waals surface area contributed by atoms with Crippen molar-refractivity contribution in [2.24, 2.45) is 11.3 Å². The zero-order valence-corrected chi connectivity index (χ0v) is 19.5. The van der Waals surface area contributed by atoms with Gasteiger partial charge in [0, 0.05) is 35.7 Å². The monoisotopic (exact) mass is 461 g/mol. The molecule has 0 radical (unpaired) electrons. The average Bonchev–Trinajstić information content (AvgIpc) is 3.71. The summed E-state index contributed by atoms with van der Waals surface area (Å²) >= 11 is 0. The number of fused-ring (bicyclic) bond motifs is 1. The summed E-state index contributed by atoms with van der Waals surface area (Å²) in [5.74, 6) is 0.308. The minimum absolute atomic E-state index is 0.166. The van der Waals surface area contributed by atoms with Crippen LogP contribution >= 0.6 is 0 Å². The van der Waals surface area contributed by atoms with E-state index in [-0.39, 0.29) is 17.5 Å². The molecule has 1 heterocycles. The number of anilines is 1. The lowest BCUT2D eigenvalue weighted by atomic mass is 9.93. The van der Waals surface area contributed by atoms with Crippen molar-refractivity contribution in [2.45, 2.75) is 51.9 Å². The Hall–Kier alpha value is -2.98. The van der Waals surface area contributed by atoms with Crippen molar-refractivity contribution in [1.82, 2.24) is 4.98 Å². The number of nitrogens with zero attached hydrogens (tertiary/aromatic N) is 2. The Labute approximate surface area is 194 Å². The molecule has 3 aliphatic carbocycles. The molecule has 0 saturated heterocycles. The first kappa shape index (κ1) is 21.8. The predicted octanol–water partition coefficient (Wildman–Crippen LogP) is 4.45. The fourth-order valence-corrected chi connectivity index (χ4v) is 6.21. The van der Waals surface area contributed by atoms with E-state index in [0.717, 1.165) is 59.3 Å². The number of hydrogen-bond donors (Lipinski definition) is 1. The highest BCUT2D eigenvalue weighted by atomic mass is 32.2. The van der Waals surface area contributed by atoms with Crippen molar-refractivity contribution in [3.05, 3.63) is 52.9 Å². The molecule has 0 atom stereocenters. The molecule has 7 heteroatoms. The Bertz CT molecular complexity index is 1310. The van der Waals surface area contributed by atoms with Crippen LogP contribution in [0.2, 0.25) is 0 Å². The van der Waals surface area contributed by atoms with E-state index < -0.39 is 15.4 Å². The van der Waals surface area contributed by atoms with Crippen molar-refractivity contribution >= 4 is 27.6 Å². The number of benzene rings is 1. The lowest BCUT2D eigenvalue weighted by Crippen LogP contribution is -2.23. The zero-order chi connectivity index (χ0) is 23.2. The van der Waals surface area contributed by atoms with E-state index in [1.165, 1.54) is 0 Å². The SMILES string of the molecule is CCc1cc(NS(=O)(=O)CC2(C#N)CC2)ccc1-c1cc(CC(=O)C2CC2)nc2c1C=CC2. The molecule has 1 aromatic heterocycles. The van der Waals surface area contributed by atoms with Gasteiger partial charge < -0.3 is 0 Å². The molecule has 0 spiro atoms. The van der Waals surface area contributed by atoms with Crippen LogP contribution in [0.25, 0.3) is 17.2 Å². The summed E-state index contributed by atoms with van der Waals surface area (Å²) in [5.41, 5.74) is 5.75. The molecule has 1 aromatic carbocycles. The first-order valence-electron chi connectivity index (χ1n) is 11.6. The van der Waals surface area contributed by atoms with Gasteiger partial charge in [-0.2, -0.15) is 5.26 Å². The fourth-order valence-electron chi connectivity index (χ4n) is 4.57. The van der Waals surface area contributed by atoms with Crippen LogP contribution in [0.1, 0.15) is 55.1 Å². The topological polar surface area (TPSA) is 99.9 Å². The van der Waals surface area contributed by atoms with Gasteiger partial charge in [0.25, 0.3) is 0 Å². The Morgan fingerprint density at radius 2 is 2.03 bits per heavy atom. The molecular formula is C26H27N3O3S. The quantitative estimate of drug-likeness (QED) is 0.595. The van der Waals surface area contributed by atoms with Gasteiger partial charge in [0.2, 0.25) is 10.0 Å². The largest absolute Gasteiger partial charge is 0.299 e. The van der Waals surface area contributed by atoms with Crippen LogP contribution in [0, 0.1) is 22.7 Å². The van der Waals surface area contributed by atoms with Gasteiger partial charge in [0.15, 0.2) is 0 Å². The molecule has 0 aliphatic heterocycles. The third-order valence-corrected chi connectivity index (χ3v) is 8.26. The fraction of sp³-hybridized carbons (Fsp3) is 0.423. The molecule has 2 aromatic rings. The third kappa shape index (κ3) is 4.58. The van der Waals surface area contributed by atoms with Crippen LogP contribution < -0.4 is 4.72 Å². The lowest BCUT2D eigenvalue weighted by Gasteiger charge is -2.16. The summed E-state index contributed by atoms with van der Waals surface area (Å²) in [6.07, 6.45) is 9.27. The summed E-state index contributed by atoms with van der Waals surface area (Å²) < 4.78 is 27.9. The van der Waals surface area contributed by atoms with Crippen LogP contribution in [-0.4, -0.2) is 24.9 Å². The highest BCUT2D eigenvalue weighted by Crippen LogP contribution is 2.46. The Morgan fingerprint density at radius 3 is 2.70 bits per heavy atom. The number of nitrogens with one attached hydrogen (secondary N) is 1. The van der Waals surface area contributed by atoms with E-state index in [2.05, 4.69) is 22.9 Å². The van der Waals surface area contributed by atoms with E-state index >= 15 is 0 Å². The number of Topliss-reactive ketones (excluding diaryl/α,β-unsaturated/α-hetero) is 1. The minimum atomic E-state index is -3.61. The molecule has 33 heavy (non-hydrogen) atoms. The Kier molecular flexibility index (Phi) is 5.37. The minimum Gasteiger partial charge on any atom is -0.299 e. The number of nitriles is 1. The highest BCUT2D eigenvalue weighted by Gasteiger charge is 2.47. The Morgan fingerprint density at radius 1 is 1.24 bits per heavy atom. The highest BCUT2D eigenvalue weighted by molar-refractivity contribution is 7.92. The second-order valence-corrected chi connectivity index (χ2v) is 11.2. The molecule has 1 N–H and O–H groups in total. The molecule has 170 valence electrons. The molecule has 6 nitrogen and oxygen atoms in total. The molecular weight excluding hydrogens is 434 g/mol. The number of carbonyl (C=O) groups excluding carboxylic acids is 1. The van der Waals surface area contributed by atoms with Gasteiger partial charge in [-0.1, -0.05) is 25.1 Å². The summed E-state index contributed by atoms with van der Waals surface area (Å²) in [6.45, 7) is 2.04. The van der Waals surface area contributed by atoms with E-state index in [1.807, 2.05) is 25.1 Å². The van der Waals surface area contributed by atoms with Crippen molar-refractivity contribution in [1.29, 1.82) is 5.26 Å². The van der Waals surface area contributed by atoms with Crippen molar-refractivity contribution in [3.8, 4) is 17.2 Å². The second kappa shape index (κ2) is 8.11. The van der Waals surface area contributed by atoms with Gasteiger partial charge in [0.05, 0.1) is 22.9 Å². The number of hydrogen-bond acceptors (Lipinski definition) is 5. The number of sulfonamides is 1. The van der Waals surface area contributed by atoms with Crippen LogP contribution in [-0.2, 0) is 34.1 Å². The van der Waals surface area contributed by atoms with Gasteiger partial charge in [-0.05, 0) is 67.0 Å². The van der Waals surface area contributed by atoms with Crippen LogP contribution in [0.4, 0.5) is 5.69 Å². The smallest absolute Gasteiger partial charge is 0.234 e. The number of allylic oxidation sites excluding steroid dienone is 1. The van der Waals surface area contributed by atoms with Gasteiger partial charge in [-0.15, -0.1) is 0 Å². The summed E-state index contributed by atoms with van der Waals surface area (Å²) in [5, 5.41) is 9.24. The Balaban J connectivity index is 1.46. The standard InChI is InChI=1S/C26H27N3O3S/c1-2-17-12-19(29-33(31,32)16-26(15-27)10-11-26)8-9-21(17)23-13-20(14-25(30)18-6-7-18)28-24-5-3-4-22(23)24/h3-4,8-9,12-13,18,29H,2,5-7,10-11,14,16H2,1H3. The number of ketones is 1. The summed E-state index contributed by atoms with van der Waals surface area (Å²) in [4.78, 5) is 17.2. The summed E-state index contributed by atoms with van der Waals surface area (Å²) in [7, 11) is -3.61. The molecule has 0 bridgehead atoms. The van der Waals surface area contributed by atoms with E-state index in [0.29, 0.717) is 24.9 Å². The lowest BCUT2D eigenvalue weighted by molar-refractivity contribution is -0.119. The van der Waals surface area contributed by atoms with E-state index in [1.54, 1.807) is 6.07 Å². The van der Waals surface area contributed by atoms with Gasteiger partial charge >= 0.3 is 0 Å². The maximum Gasteiger partial charge on any atom is 0.234 e. The maximum atomic E-state index is 12.6. The molecule has 0 amide bonds. The van der Waals surface area contributed by atoms with E-state index in [9.17, 15) is 18.5 Å². The number of aryl methyl sites for hydroxylation is 1. The van der Waals surface area contributed by atoms with Crippen LogP contribution in [0.5, 0.6) is 0 Å². The van der Waals surface area contributed by atoms with Crippen LogP contribution in [0.3, 0.4) is 0 Å². The number of aromatic nitrogens is 1. The predicted molar refractivity (Wildman–Crippen MR) is 128 cm³/mol. The van der Waals surface area contributed by atoms with Gasteiger partial charge in [-0.25, -0.2) is 8.42 Å². The zero-order valence-electron chi connectivity index (χ0n) is 18.7. The van der Waals surface area contributed by atoms with Gasteiger partial charge in [-0.3, -0.25) is 14.5 Å². The second-order valence-electron chi connectivity index (χ2n) is 9.52.